The van der Waals surface area contributed by atoms with E-state index in [1.165, 1.54) is 0 Å². The van der Waals surface area contributed by atoms with E-state index in [-0.39, 0.29) is 12.2 Å². The second-order valence-electron chi connectivity index (χ2n) is 7.11. The van der Waals surface area contributed by atoms with Gasteiger partial charge in [-0.3, -0.25) is 0 Å². The summed E-state index contributed by atoms with van der Waals surface area (Å²) < 4.78 is 17.7. The Morgan fingerprint density at radius 2 is 1.31 bits per heavy atom. The Kier molecular flexibility index (Phi) is 8.19. The molecule has 156 valence electrons. The van der Waals surface area contributed by atoms with Gasteiger partial charge in [0.1, 0.15) is 0 Å². The first kappa shape index (κ1) is 22.9. The number of benzene rings is 2. The zero-order chi connectivity index (χ0) is 21.4. The summed E-state index contributed by atoms with van der Waals surface area (Å²) in [5.41, 5.74) is -0.603. The van der Waals surface area contributed by atoms with Crippen molar-refractivity contribution in [3.05, 3.63) is 55.7 Å². The molecule has 7 heteroatoms. The Hall–Kier alpha value is -2.42. The molecule has 2 aromatic carbocycles. The Bertz CT molecular complexity index is 850. The number of carbonyl (C=O) groups excluding carboxylic acids is 3. The van der Waals surface area contributed by atoms with Gasteiger partial charge in [-0.05, 0) is 0 Å². The zero-order valence-electron chi connectivity index (χ0n) is 16.9. The van der Waals surface area contributed by atoms with Gasteiger partial charge < -0.3 is 0 Å². The van der Waals surface area contributed by atoms with Gasteiger partial charge in [0, 0.05) is 0 Å². The monoisotopic (exact) mass is 511 g/mol. The molecular formula is C22H24IO6-. The molecule has 0 aliphatic heterocycles. The molecule has 0 aromatic heterocycles. The van der Waals surface area contributed by atoms with Crippen LogP contribution < -0.4 is 30.7 Å². The summed E-state index contributed by atoms with van der Waals surface area (Å²) >= 11 is -0.445. The normalized spacial score (nSPS) is 11.0. The first-order valence-electron chi connectivity index (χ1n) is 9.13. The molecule has 2 aromatic rings. The minimum absolute atomic E-state index is 0.142. The van der Waals surface area contributed by atoms with Gasteiger partial charge in [0.25, 0.3) is 0 Å². The standard InChI is InChI=1S/C22H24IO6/c1-5-17(24)14-20(25)27-18-10-6-15(7-11-18)23-16-8-12-19(13-9-16)28-21(26)29-22(2,3)4/h6-13H,5,14H2,1-4H3/q-1. The summed E-state index contributed by atoms with van der Waals surface area (Å²) in [6, 6.07) is 14.6. The summed E-state index contributed by atoms with van der Waals surface area (Å²) in [5.74, 6) is 0.167. The third-order valence-corrected chi connectivity index (χ3v) is 6.09. The molecule has 0 saturated carbocycles. The van der Waals surface area contributed by atoms with Crippen LogP contribution in [0.2, 0.25) is 0 Å². The Morgan fingerprint density at radius 3 is 1.76 bits per heavy atom. The average molecular weight is 511 g/mol. The van der Waals surface area contributed by atoms with E-state index in [0.29, 0.717) is 17.9 Å². The number of rotatable bonds is 7. The van der Waals surface area contributed by atoms with E-state index in [4.69, 9.17) is 14.2 Å². The molecule has 0 atom stereocenters. The van der Waals surface area contributed by atoms with E-state index >= 15 is 0 Å². The molecule has 0 radical (unpaired) electrons. The fraction of sp³-hybridized carbons (Fsp3) is 0.318. The molecule has 0 amide bonds. The quantitative estimate of drug-likeness (QED) is 0.184. The topological polar surface area (TPSA) is 78.9 Å². The van der Waals surface area contributed by atoms with Crippen molar-refractivity contribution in [1.29, 1.82) is 0 Å². The Morgan fingerprint density at radius 1 is 0.828 bits per heavy atom. The fourth-order valence-corrected chi connectivity index (χ4v) is 4.24. The van der Waals surface area contributed by atoms with Crippen LogP contribution in [-0.2, 0) is 14.3 Å². The van der Waals surface area contributed by atoms with Crippen LogP contribution in [0, 0.1) is 7.14 Å². The molecule has 0 aliphatic carbocycles. The molecular weight excluding hydrogens is 487 g/mol. The minimum atomic E-state index is -0.731. The van der Waals surface area contributed by atoms with Gasteiger partial charge in [-0.15, -0.1) is 0 Å². The number of halogens is 1. The molecule has 29 heavy (non-hydrogen) atoms. The molecule has 6 nitrogen and oxygen atoms in total. The van der Waals surface area contributed by atoms with Gasteiger partial charge in [-0.25, -0.2) is 0 Å². The van der Waals surface area contributed by atoms with E-state index in [0.717, 1.165) is 7.14 Å². The van der Waals surface area contributed by atoms with E-state index in [9.17, 15) is 14.4 Å². The van der Waals surface area contributed by atoms with E-state index in [2.05, 4.69) is 0 Å². The first-order valence-corrected chi connectivity index (χ1v) is 11.3. The van der Waals surface area contributed by atoms with Crippen LogP contribution in [0.3, 0.4) is 0 Å². The maximum atomic E-state index is 11.7. The molecule has 0 N–H and O–H groups in total. The second kappa shape index (κ2) is 10.4. The van der Waals surface area contributed by atoms with Gasteiger partial charge in [-0.1, -0.05) is 0 Å². The number of hydrogen-bond acceptors (Lipinski definition) is 6. The van der Waals surface area contributed by atoms with Crippen LogP contribution in [0.4, 0.5) is 4.79 Å². The number of hydrogen-bond donors (Lipinski definition) is 0. The second-order valence-corrected chi connectivity index (χ2v) is 10.1. The number of esters is 1. The summed E-state index contributed by atoms with van der Waals surface area (Å²) in [5, 5.41) is 0. The Balaban J connectivity index is 1.89. The van der Waals surface area contributed by atoms with Crippen molar-refractivity contribution >= 4 is 17.9 Å². The van der Waals surface area contributed by atoms with Crippen molar-refractivity contribution < 1.29 is 49.8 Å². The number of Topliss-reactive ketones (excluding diaryl/α,β-unsaturated/α-hetero) is 1. The van der Waals surface area contributed by atoms with Gasteiger partial charge in [0.05, 0.1) is 0 Å². The summed E-state index contributed by atoms with van der Waals surface area (Å²) in [6.45, 7) is 7.04. The molecule has 2 rings (SSSR count). The molecule has 0 aliphatic rings. The van der Waals surface area contributed by atoms with Crippen LogP contribution in [-0.4, -0.2) is 23.5 Å². The van der Waals surface area contributed by atoms with Crippen molar-refractivity contribution in [1.82, 2.24) is 0 Å². The van der Waals surface area contributed by atoms with Gasteiger partial charge >= 0.3 is 181 Å². The van der Waals surface area contributed by atoms with Crippen LogP contribution in [0.15, 0.2) is 48.5 Å². The number of ketones is 1. The first-order chi connectivity index (χ1) is 13.6. The molecule has 0 fully saturated rings. The maximum absolute atomic E-state index is 11.7. The number of carbonyl (C=O) groups is 3. The molecule has 0 unspecified atom stereocenters. The summed E-state index contributed by atoms with van der Waals surface area (Å²) in [4.78, 5) is 34.6. The summed E-state index contributed by atoms with van der Waals surface area (Å²) in [7, 11) is 0. The van der Waals surface area contributed by atoms with Crippen molar-refractivity contribution in [2.24, 2.45) is 0 Å². The van der Waals surface area contributed by atoms with Crippen molar-refractivity contribution in [3.8, 4) is 11.5 Å². The molecule has 0 bridgehead atoms. The van der Waals surface area contributed by atoms with Crippen LogP contribution in [0.25, 0.3) is 0 Å². The van der Waals surface area contributed by atoms with E-state index in [1.807, 2.05) is 24.3 Å². The van der Waals surface area contributed by atoms with Crippen molar-refractivity contribution in [3.63, 3.8) is 0 Å². The predicted molar refractivity (Wildman–Crippen MR) is 103 cm³/mol. The third kappa shape index (κ3) is 8.64. The average Bonchev–Trinajstić information content (AvgIpc) is 2.63. The van der Waals surface area contributed by atoms with Crippen molar-refractivity contribution in [2.45, 2.75) is 46.1 Å². The van der Waals surface area contributed by atoms with Gasteiger partial charge in [-0.2, -0.15) is 0 Å². The van der Waals surface area contributed by atoms with Crippen LogP contribution in [0.5, 0.6) is 11.5 Å². The van der Waals surface area contributed by atoms with Gasteiger partial charge in [0.2, 0.25) is 0 Å². The summed E-state index contributed by atoms with van der Waals surface area (Å²) in [6.07, 6.45) is -0.617. The van der Waals surface area contributed by atoms with Gasteiger partial charge in [0.15, 0.2) is 0 Å². The fourth-order valence-electron chi connectivity index (χ4n) is 2.08. The predicted octanol–water partition coefficient (Wildman–Crippen LogP) is 1.40. The zero-order valence-corrected chi connectivity index (χ0v) is 19.0. The molecule has 0 spiro atoms. The molecule has 0 saturated heterocycles. The third-order valence-electron chi connectivity index (χ3n) is 3.40. The van der Waals surface area contributed by atoms with Crippen LogP contribution in [0.1, 0.15) is 40.5 Å². The Labute approximate surface area is 180 Å². The van der Waals surface area contributed by atoms with E-state index in [1.54, 1.807) is 52.0 Å². The van der Waals surface area contributed by atoms with Crippen molar-refractivity contribution in [2.75, 3.05) is 0 Å². The SMILES string of the molecule is CCC(=O)CC(=O)Oc1ccc([I-]c2ccc(OC(=O)OC(C)(C)C)cc2)cc1. The van der Waals surface area contributed by atoms with Crippen LogP contribution >= 0.6 is 0 Å². The number of ether oxygens (including phenoxy) is 3. The molecule has 0 heterocycles. The van der Waals surface area contributed by atoms with E-state index < -0.39 is 38.9 Å².